The first-order valence-corrected chi connectivity index (χ1v) is 8.43. The quantitative estimate of drug-likeness (QED) is 0.556. The molecular weight excluding hydrogens is 346 g/mol. The van der Waals surface area contributed by atoms with Gasteiger partial charge in [-0.2, -0.15) is 0 Å². The molecule has 2 aromatic rings. The first-order valence-electron chi connectivity index (χ1n) is 8.43. The fraction of sp³-hybridized carbons (Fsp3) is 0.190. The Kier molecular flexibility index (Phi) is 5.35. The standard InChI is InChI=1S/C21H21NO5/c1-26-19-11-13(3-7-17(19)23)9-15-5-6-16(21(15)22-25)10-14-4-8-18(24)20(12-14)27-2/h3-4,7-12,23-25H,5-6H2,1-2H3. The van der Waals surface area contributed by atoms with Gasteiger partial charge in [-0.25, -0.2) is 0 Å². The fourth-order valence-electron chi connectivity index (χ4n) is 3.09. The molecule has 0 heterocycles. The lowest BCUT2D eigenvalue weighted by Gasteiger charge is -2.06. The SMILES string of the molecule is COc1cc(C=C2CCC(=Cc3ccc(O)c(OC)c3)C2=NO)ccc1O. The van der Waals surface area contributed by atoms with E-state index in [9.17, 15) is 15.4 Å². The zero-order chi connectivity index (χ0) is 19.4. The van der Waals surface area contributed by atoms with Gasteiger partial charge in [-0.3, -0.25) is 0 Å². The minimum Gasteiger partial charge on any atom is -0.504 e. The number of benzene rings is 2. The number of phenolic OH excluding ortho intramolecular Hbond substituents is 2. The molecule has 0 aromatic heterocycles. The van der Waals surface area contributed by atoms with Gasteiger partial charge in [0.05, 0.1) is 14.2 Å². The largest absolute Gasteiger partial charge is 0.504 e. The number of rotatable bonds is 4. The number of methoxy groups -OCH3 is 2. The Morgan fingerprint density at radius 2 is 1.26 bits per heavy atom. The highest BCUT2D eigenvalue weighted by molar-refractivity contribution is 6.18. The Balaban J connectivity index is 1.92. The Labute approximate surface area is 157 Å². The second kappa shape index (κ2) is 7.86. The molecule has 0 radical (unpaired) electrons. The van der Waals surface area contributed by atoms with Gasteiger partial charge >= 0.3 is 0 Å². The Bertz CT molecular complexity index is 870. The number of nitrogens with zero attached hydrogens (tertiary/aromatic N) is 1. The maximum atomic E-state index is 9.72. The molecule has 0 atom stereocenters. The lowest BCUT2D eigenvalue weighted by atomic mass is 10.1. The third-order valence-corrected chi connectivity index (χ3v) is 4.46. The first kappa shape index (κ1) is 18.4. The van der Waals surface area contributed by atoms with Crippen molar-refractivity contribution >= 4 is 17.9 Å². The zero-order valence-electron chi connectivity index (χ0n) is 15.1. The molecule has 2 aromatic carbocycles. The van der Waals surface area contributed by atoms with Crippen molar-refractivity contribution in [3.63, 3.8) is 0 Å². The fourth-order valence-corrected chi connectivity index (χ4v) is 3.09. The van der Waals surface area contributed by atoms with Crippen molar-refractivity contribution in [2.45, 2.75) is 12.8 Å². The van der Waals surface area contributed by atoms with Crippen LogP contribution >= 0.6 is 0 Å². The van der Waals surface area contributed by atoms with Crippen LogP contribution in [0.2, 0.25) is 0 Å². The molecule has 0 bridgehead atoms. The molecule has 1 fully saturated rings. The van der Waals surface area contributed by atoms with E-state index >= 15 is 0 Å². The summed E-state index contributed by atoms with van der Waals surface area (Å²) in [6, 6.07) is 10.1. The van der Waals surface area contributed by atoms with Gasteiger partial charge in [-0.15, -0.1) is 0 Å². The minimum absolute atomic E-state index is 0.0731. The van der Waals surface area contributed by atoms with Gasteiger partial charge < -0.3 is 24.9 Å². The number of hydrogen-bond donors (Lipinski definition) is 3. The molecule has 1 aliphatic rings. The molecule has 0 aliphatic heterocycles. The molecular formula is C21H21NO5. The highest BCUT2D eigenvalue weighted by Gasteiger charge is 2.22. The number of hydrogen-bond acceptors (Lipinski definition) is 6. The van der Waals surface area contributed by atoms with Crippen molar-refractivity contribution in [2.75, 3.05) is 14.2 Å². The lowest BCUT2D eigenvalue weighted by Crippen LogP contribution is -1.97. The zero-order valence-corrected chi connectivity index (χ0v) is 15.1. The third-order valence-electron chi connectivity index (χ3n) is 4.46. The summed E-state index contributed by atoms with van der Waals surface area (Å²) < 4.78 is 10.3. The predicted octanol–water partition coefficient (Wildman–Crippen LogP) is 4.21. The molecule has 0 spiro atoms. The summed E-state index contributed by atoms with van der Waals surface area (Å²) in [5.74, 6) is 0.918. The summed E-state index contributed by atoms with van der Waals surface area (Å²) in [5, 5.41) is 32.4. The third kappa shape index (κ3) is 3.89. The van der Waals surface area contributed by atoms with Gasteiger partial charge in [0.15, 0.2) is 23.0 Å². The summed E-state index contributed by atoms with van der Waals surface area (Å²) >= 11 is 0. The predicted molar refractivity (Wildman–Crippen MR) is 104 cm³/mol. The van der Waals surface area contributed by atoms with Crippen LogP contribution in [0.15, 0.2) is 52.7 Å². The lowest BCUT2D eigenvalue weighted by molar-refractivity contribution is 0.319. The first-order chi connectivity index (χ1) is 13.0. The Hall–Kier alpha value is -3.41. The van der Waals surface area contributed by atoms with Gasteiger partial charge in [0.1, 0.15) is 5.71 Å². The van der Waals surface area contributed by atoms with Gasteiger partial charge in [-0.1, -0.05) is 17.3 Å². The van der Waals surface area contributed by atoms with Crippen molar-refractivity contribution in [1.82, 2.24) is 0 Å². The van der Waals surface area contributed by atoms with Crippen LogP contribution in [0.25, 0.3) is 12.2 Å². The average Bonchev–Trinajstić information content (AvgIpc) is 3.05. The van der Waals surface area contributed by atoms with Crippen LogP contribution in [-0.4, -0.2) is 35.4 Å². The molecule has 27 heavy (non-hydrogen) atoms. The average molecular weight is 367 g/mol. The van der Waals surface area contributed by atoms with Crippen LogP contribution in [0, 0.1) is 0 Å². The van der Waals surface area contributed by atoms with E-state index in [1.165, 1.54) is 14.2 Å². The van der Waals surface area contributed by atoms with E-state index in [2.05, 4.69) is 5.16 Å². The van der Waals surface area contributed by atoms with Crippen LogP contribution in [-0.2, 0) is 0 Å². The number of phenols is 2. The maximum absolute atomic E-state index is 9.72. The van der Waals surface area contributed by atoms with Crippen molar-refractivity contribution in [2.24, 2.45) is 5.16 Å². The van der Waals surface area contributed by atoms with E-state index in [0.717, 1.165) is 35.1 Å². The molecule has 140 valence electrons. The second-order valence-electron chi connectivity index (χ2n) is 6.15. The molecule has 1 aliphatic carbocycles. The van der Waals surface area contributed by atoms with Crippen molar-refractivity contribution in [3.05, 3.63) is 58.7 Å². The Morgan fingerprint density at radius 1 is 0.815 bits per heavy atom. The summed E-state index contributed by atoms with van der Waals surface area (Å²) in [5.41, 5.74) is 3.99. The highest BCUT2D eigenvalue weighted by Crippen LogP contribution is 2.34. The summed E-state index contributed by atoms with van der Waals surface area (Å²) in [7, 11) is 2.99. The van der Waals surface area contributed by atoms with E-state index in [-0.39, 0.29) is 11.5 Å². The molecule has 3 N–H and O–H groups in total. The number of allylic oxidation sites excluding steroid dienone is 2. The monoisotopic (exact) mass is 367 g/mol. The van der Waals surface area contributed by atoms with Gasteiger partial charge in [-0.05, 0) is 71.5 Å². The normalized spacial score (nSPS) is 16.7. The van der Waals surface area contributed by atoms with Crippen LogP contribution < -0.4 is 9.47 Å². The maximum Gasteiger partial charge on any atom is 0.161 e. The van der Waals surface area contributed by atoms with E-state index in [0.29, 0.717) is 17.2 Å². The second-order valence-corrected chi connectivity index (χ2v) is 6.15. The smallest absolute Gasteiger partial charge is 0.161 e. The molecule has 6 nitrogen and oxygen atoms in total. The summed E-state index contributed by atoms with van der Waals surface area (Å²) in [4.78, 5) is 0. The summed E-state index contributed by atoms with van der Waals surface area (Å²) in [6.45, 7) is 0. The van der Waals surface area contributed by atoms with Gasteiger partial charge in [0.25, 0.3) is 0 Å². The molecule has 6 heteroatoms. The van der Waals surface area contributed by atoms with Crippen molar-refractivity contribution in [3.8, 4) is 23.0 Å². The molecule has 1 saturated carbocycles. The van der Waals surface area contributed by atoms with E-state index < -0.39 is 0 Å². The van der Waals surface area contributed by atoms with Gasteiger partial charge in [0.2, 0.25) is 0 Å². The molecule has 0 unspecified atom stereocenters. The van der Waals surface area contributed by atoms with Crippen molar-refractivity contribution < 1.29 is 24.9 Å². The number of oxime groups is 1. The van der Waals surface area contributed by atoms with E-state index in [1.807, 2.05) is 12.2 Å². The van der Waals surface area contributed by atoms with Gasteiger partial charge in [0, 0.05) is 0 Å². The highest BCUT2D eigenvalue weighted by atomic mass is 16.5. The topological polar surface area (TPSA) is 91.5 Å². The van der Waals surface area contributed by atoms with Crippen LogP contribution in [0.4, 0.5) is 0 Å². The van der Waals surface area contributed by atoms with Crippen molar-refractivity contribution in [1.29, 1.82) is 0 Å². The molecule has 0 saturated heterocycles. The summed E-state index contributed by atoms with van der Waals surface area (Å²) in [6.07, 6.45) is 5.28. The molecule has 0 amide bonds. The van der Waals surface area contributed by atoms with Crippen LogP contribution in [0.3, 0.4) is 0 Å². The molecule has 3 rings (SSSR count). The minimum atomic E-state index is 0.0731. The Morgan fingerprint density at radius 3 is 1.63 bits per heavy atom. The number of aromatic hydroxyl groups is 2. The van der Waals surface area contributed by atoms with E-state index in [4.69, 9.17) is 9.47 Å². The van der Waals surface area contributed by atoms with Crippen LogP contribution in [0.5, 0.6) is 23.0 Å². The van der Waals surface area contributed by atoms with E-state index in [1.54, 1.807) is 36.4 Å². The van der Waals surface area contributed by atoms with Crippen LogP contribution in [0.1, 0.15) is 24.0 Å². The number of ether oxygens (including phenoxy) is 2.